The number of carbonyl (C=O) groups excluding carboxylic acids is 3. The first kappa shape index (κ1) is 41.9. The Morgan fingerprint density at radius 2 is 0.692 bits per heavy atom. The molecular formula is C50H31F5N4O6. The fraction of sp³-hybridized carbons (Fsp3) is 0.0600. The van der Waals surface area contributed by atoms with Crippen LogP contribution in [0.2, 0.25) is 0 Å². The summed E-state index contributed by atoms with van der Waals surface area (Å²) in [5, 5.41) is 0. The maximum absolute atomic E-state index is 16.0. The van der Waals surface area contributed by atoms with Crippen molar-refractivity contribution < 1.29 is 50.5 Å². The number of nitrogens with one attached hydrogen (secondary N) is 2. The molecule has 0 aliphatic carbocycles. The maximum atomic E-state index is 16.0. The predicted molar refractivity (Wildman–Crippen MR) is 234 cm³/mol. The Hall–Kier alpha value is -8.46. The molecule has 2 N–H and O–H groups in total. The van der Waals surface area contributed by atoms with Crippen LogP contribution in [-0.2, 0) is 14.4 Å². The van der Waals surface area contributed by atoms with Crippen LogP contribution >= 0.6 is 0 Å². The van der Waals surface area contributed by atoms with E-state index in [9.17, 15) is 18.8 Å². The minimum Gasteiger partial charge on any atom is -0.427 e. The molecule has 4 aromatic carbocycles. The molecule has 0 unspecified atom stereocenters. The SMILES string of the molecule is CC(=O)Oc1cccc(-c2c3nc(c(-c4cccc(OC(C)=O)c4)c4ccc([nH]4)c(-c4c(F)c(F)c(F)c(F)c4F)c4nc(c(-c5cccc(OC(C)=O)c5)c5ccc2[nH]5)C=C4)C=C3)c1. The van der Waals surface area contributed by atoms with Gasteiger partial charge >= 0.3 is 17.9 Å². The van der Waals surface area contributed by atoms with Gasteiger partial charge in [0.05, 0.1) is 28.3 Å². The first-order valence-corrected chi connectivity index (χ1v) is 19.8. The van der Waals surface area contributed by atoms with Gasteiger partial charge < -0.3 is 24.2 Å². The third-order valence-electron chi connectivity index (χ3n) is 10.4. The van der Waals surface area contributed by atoms with E-state index >= 15 is 17.6 Å². The summed E-state index contributed by atoms with van der Waals surface area (Å²) in [6, 6.07) is 26.4. The van der Waals surface area contributed by atoms with Crippen LogP contribution in [0.5, 0.6) is 17.2 Å². The summed E-state index contributed by atoms with van der Waals surface area (Å²) in [6.07, 6.45) is 6.38. The molecule has 3 aromatic heterocycles. The number of hydrogen-bond donors (Lipinski definition) is 2. The Balaban J connectivity index is 1.48. The lowest BCUT2D eigenvalue weighted by molar-refractivity contribution is -0.132. The van der Waals surface area contributed by atoms with Crippen LogP contribution in [0.3, 0.4) is 0 Å². The average molecular weight is 879 g/mol. The Morgan fingerprint density at radius 3 is 1.02 bits per heavy atom. The molecular weight excluding hydrogens is 848 g/mol. The van der Waals surface area contributed by atoms with E-state index in [0.717, 1.165) is 0 Å². The summed E-state index contributed by atoms with van der Waals surface area (Å²) >= 11 is 0. The normalized spacial score (nSPS) is 11.8. The monoisotopic (exact) mass is 878 g/mol. The van der Waals surface area contributed by atoms with E-state index in [2.05, 4.69) is 9.97 Å². The number of carbonyl (C=O) groups is 3. The smallest absolute Gasteiger partial charge is 0.308 e. The van der Waals surface area contributed by atoms with Crippen LogP contribution in [0.25, 0.3) is 90.9 Å². The molecule has 0 saturated heterocycles. The highest BCUT2D eigenvalue weighted by atomic mass is 19.2. The number of rotatable bonds is 7. The summed E-state index contributed by atoms with van der Waals surface area (Å²) in [5.74, 6) is -11.8. The molecule has 2 aliphatic heterocycles. The van der Waals surface area contributed by atoms with Crippen LogP contribution in [0.4, 0.5) is 22.0 Å². The van der Waals surface area contributed by atoms with Crippen LogP contribution in [-0.4, -0.2) is 37.8 Å². The fourth-order valence-corrected chi connectivity index (χ4v) is 7.85. The number of ether oxygens (including phenoxy) is 3. The quantitative estimate of drug-likeness (QED) is 0.0531. The number of aromatic nitrogens is 4. The van der Waals surface area contributed by atoms with E-state index in [0.29, 0.717) is 55.8 Å². The van der Waals surface area contributed by atoms with Crippen molar-refractivity contribution in [3.05, 3.63) is 149 Å². The number of hydrogen-bond acceptors (Lipinski definition) is 8. The molecule has 9 rings (SSSR count). The zero-order valence-electron chi connectivity index (χ0n) is 34.3. The summed E-state index contributed by atoms with van der Waals surface area (Å²) in [6.45, 7) is 3.78. The number of benzene rings is 4. The highest BCUT2D eigenvalue weighted by Gasteiger charge is 2.30. The van der Waals surface area contributed by atoms with Gasteiger partial charge in [-0.05, 0) is 102 Å². The lowest BCUT2D eigenvalue weighted by Crippen LogP contribution is -2.05. The molecule has 0 radical (unpaired) electrons. The van der Waals surface area contributed by atoms with E-state index in [4.69, 9.17) is 24.2 Å². The molecule has 0 amide bonds. The maximum Gasteiger partial charge on any atom is 0.308 e. The van der Waals surface area contributed by atoms with Crippen molar-refractivity contribution in [2.24, 2.45) is 0 Å². The van der Waals surface area contributed by atoms with Crippen molar-refractivity contribution in [2.45, 2.75) is 20.8 Å². The van der Waals surface area contributed by atoms with Crippen LogP contribution < -0.4 is 14.2 Å². The Labute approximate surface area is 365 Å². The van der Waals surface area contributed by atoms with Gasteiger partial charge in [-0.15, -0.1) is 0 Å². The molecule has 2 aliphatic rings. The number of esters is 3. The first-order chi connectivity index (χ1) is 31.2. The number of H-pyrrole nitrogens is 2. The van der Waals surface area contributed by atoms with Gasteiger partial charge in [-0.25, -0.2) is 31.9 Å². The van der Waals surface area contributed by atoms with Crippen molar-refractivity contribution in [2.75, 3.05) is 0 Å². The molecule has 5 heterocycles. The highest BCUT2D eigenvalue weighted by Crippen LogP contribution is 2.41. The summed E-state index contributed by atoms with van der Waals surface area (Å²) in [7, 11) is 0. The van der Waals surface area contributed by atoms with E-state index in [-0.39, 0.29) is 39.7 Å². The van der Waals surface area contributed by atoms with Gasteiger partial charge in [0.2, 0.25) is 5.82 Å². The van der Waals surface area contributed by atoms with Gasteiger partial charge in [0.1, 0.15) is 17.2 Å². The second-order valence-electron chi connectivity index (χ2n) is 14.8. The van der Waals surface area contributed by atoms with E-state index in [1.165, 1.54) is 39.0 Å². The van der Waals surface area contributed by atoms with Crippen LogP contribution in [0.1, 0.15) is 43.5 Å². The van der Waals surface area contributed by atoms with E-state index < -0.39 is 58.1 Å². The zero-order chi connectivity index (χ0) is 45.7. The van der Waals surface area contributed by atoms with Gasteiger partial charge in [-0.3, -0.25) is 14.4 Å². The third kappa shape index (κ3) is 7.95. The molecule has 0 saturated carbocycles. The second-order valence-corrected chi connectivity index (χ2v) is 14.8. The van der Waals surface area contributed by atoms with Crippen LogP contribution in [0, 0.1) is 29.1 Å². The standard InChI is InChI=1S/C50H31F5N4O6/c1-24(60)63-30-10-4-7-27(21-30)41-33-13-15-35(56-33)42(28-8-5-11-31(22-28)64-25(2)61)37-17-19-39(58-37)44(45-46(51)48(53)50(55)49(54)47(45)52)40-20-18-38(59-40)43(36-16-14-34(41)57-36)29-9-6-12-32(23-29)65-26(3)62/h4-23,56,59H,1-3H3. The van der Waals surface area contributed by atoms with Crippen molar-refractivity contribution in [1.82, 2.24) is 19.9 Å². The lowest BCUT2D eigenvalue weighted by Gasteiger charge is -2.10. The van der Waals surface area contributed by atoms with E-state index in [1.54, 1.807) is 97.1 Å². The van der Waals surface area contributed by atoms with Gasteiger partial charge in [0, 0.05) is 65.1 Å². The Morgan fingerprint density at radius 1 is 0.400 bits per heavy atom. The minimum absolute atomic E-state index is 0.0875. The molecule has 0 fully saturated rings. The zero-order valence-corrected chi connectivity index (χ0v) is 34.3. The van der Waals surface area contributed by atoms with Gasteiger partial charge in [-0.1, -0.05) is 36.4 Å². The van der Waals surface area contributed by atoms with Crippen LogP contribution in [0.15, 0.2) is 97.1 Å². The molecule has 10 nitrogen and oxygen atoms in total. The molecule has 322 valence electrons. The highest BCUT2D eigenvalue weighted by molar-refractivity contribution is 6.00. The average Bonchev–Trinajstić information content (AvgIpc) is 4.11. The Bertz CT molecular complexity index is 3340. The van der Waals surface area contributed by atoms with Crippen molar-refractivity contribution >= 4 is 64.3 Å². The molecule has 65 heavy (non-hydrogen) atoms. The number of aromatic amines is 2. The lowest BCUT2D eigenvalue weighted by atomic mass is 10.0. The molecule has 7 aromatic rings. The van der Waals surface area contributed by atoms with Crippen molar-refractivity contribution in [3.63, 3.8) is 0 Å². The van der Waals surface area contributed by atoms with Crippen molar-refractivity contribution in [1.29, 1.82) is 0 Å². The Kier molecular flexibility index (Phi) is 10.7. The molecule has 0 atom stereocenters. The predicted octanol–water partition coefficient (Wildman–Crippen LogP) is 11.8. The largest absolute Gasteiger partial charge is 0.427 e. The molecule has 8 bridgehead atoms. The summed E-state index contributed by atoms with van der Waals surface area (Å²) in [5.41, 5.74) is 3.11. The summed E-state index contributed by atoms with van der Waals surface area (Å²) < 4.78 is 93.1. The van der Waals surface area contributed by atoms with Gasteiger partial charge in [0.25, 0.3) is 0 Å². The topological polar surface area (TPSA) is 136 Å². The number of fused-ring (bicyclic) bond motifs is 8. The number of halogens is 5. The van der Waals surface area contributed by atoms with E-state index in [1.807, 2.05) is 6.07 Å². The third-order valence-corrected chi connectivity index (χ3v) is 10.4. The van der Waals surface area contributed by atoms with Gasteiger partial charge in [-0.2, -0.15) is 0 Å². The fourth-order valence-electron chi connectivity index (χ4n) is 7.85. The first-order valence-electron chi connectivity index (χ1n) is 19.8. The molecule has 15 heteroatoms. The second kappa shape index (κ2) is 16.7. The summed E-state index contributed by atoms with van der Waals surface area (Å²) in [4.78, 5) is 52.6. The van der Waals surface area contributed by atoms with Gasteiger partial charge in [0.15, 0.2) is 23.3 Å². The molecule has 0 spiro atoms. The number of nitrogens with zero attached hydrogens (tertiary/aromatic N) is 2. The van der Waals surface area contributed by atoms with Crippen molar-refractivity contribution in [3.8, 4) is 61.8 Å². The minimum atomic E-state index is -2.33.